The minimum absolute atomic E-state index is 0.0451. The van der Waals surface area contributed by atoms with Gasteiger partial charge in [-0.25, -0.2) is 9.59 Å². The molecule has 0 aliphatic carbocycles. The molecule has 34 heavy (non-hydrogen) atoms. The molecule has 13 nitrogen and oxygen atoms in total. The van der Waals surface area contributed by atoms with E-state index in [1.54, 1.807) is 26.0 Å². The average molecular weight is 480 g/mol. The van der Waals surface area contributed by atoms with Crippen molar-refractivity contribution in [3.63, 3.8) is 0 Å². The molecule has 2 aromatic rings. The first-order chi connectivity index (χ1) is 16.2. The van der Waals surface area contributed by atoms with Gasteiger partial charge in [-0.2, -0.15) is 29.4 Å². The second-order valence-corrected chi connectivity index (χ2v) is 5.97. The third-order valence-corrected chi connectivity index (χ3v) is 3.55. The van der Waals surface area contributed by atoms with E-state index < -0.39 is 5.97 Å². The molecule has 0 fully saturated rings. The van der Waals surface area contributed by atoms with Crippen LogP contribution in [0.4, 0.5) is 0 Å². The highest BCUT2D eigenvalue weighted by atomic mass is 16.5. The van der Waals surface area contributed by atoms with E-state index in [1.165, 1.54) is 11.6 Å². The molecule has 0 bridgehead atoms. The summed E-state index contributed by atoms with van der Waals surface area (Å²) in [5, 5.41) is 10.7. The molecular formula is C21H28N4O9. The highest BCUT2D eigenvalue weighted by molar-refractivity contribution is 5.88. The fourth-order valence-electron chi connectivity index (χ4n) is 2.20. The van der Waals surface area contributed by atoms with Crippen LogP contribution in [0.2, 0.25) is 0 Å². The quantitative estimate of drug-likeness (QED) is 0.535. The molecule has 0 saturated heterocycles. The lowest BCUT2D eigenvalue weighted by atomic mass is 10.3. The fourth-order valence-corrected chi connectivity index (χ4v) is 2.20. The van der Waals surface area contributed by atoms with E-state index in [9.17, 15) is 14.4 Å². The van der Waals surface area contributed by atoms with Gasteiger partial charge >= 0.3 is 24.2 Å². The topological polar surface area (TPSA) is 184 Å². The van der Waals surface area contributed by atoms with Crippen molar-refractivity contribution in [2.45, 2.75) is 54.0 Å². The van der Waals surface area contributed by atoms with E-state index in [4.69, 9.17) is 28.7 Å². The van der Waals surface area contributed by atoms with Gasteiger partial charge < -0.3 is 9.47 Å². The summed E-state index contributed by atoms with van der Waals surface area (Å²) in [5.41, 5.74) is 2.42. The number of hydrogen-bond donors (Lipinski definition) is 1. The van der Waals surface area contributed by atoms with Crippen LogP contribution in [0.15, 0.2) is 12.1 Å². The van der Waals surface area contributed by atoms with Crippen LogP contribution in [0.1, 0.15) is 67.0 Å². The van der Waals surface area contributed by atoms with Crippen LogP contribution in [0.25, 0.3) is 0 Å². The maximum absolute atomic E-state index is 11.6. The summed E-state index contributed by atoms with van der Waals surface area (Å²) in [6.45, 7) is 9.70. The Kier molecular flexibility index (Phi) is 18.3. The molecule has 186 valence electrons. The summed E-state index contributed by atoms with van der Waals surface area (Å²) in [5.74, 6) is -0.847. The second kappa shape index (κ2) is 19.5. The van der Waals surface area contributed by atoms with Crippen molar-refractivity contribution >= 4 is 30.0 Å². The molecule has 2 heterocycles. The van der Waals surface area contributed by atoms with E-state index in [-0.39, 0.29) is 30.6 Å². The lowest BCUT2D eigenvalue weighted by molar-refractivity contribution is -0.193. The van der Waals surface area contributed by atoms with Crippen molar-refractivity contribution in [3.8, 4) is 0 Å². The molecule has 0 spiro atoms. The van der Waals surface area contributed by atoms with Crippen LogP contribution in [0.3, 0.4) is 0 Å². The van der Waals surface area contributed by atoms with Crippen LogP contribution in [-0.4, -0.2) is 63.2 Å². The molecule has 0 aliphatic rings. The van der Waals surface area contributed by atoms with Crippen LogP contribution < -0.4 is 0 Å². The number of aromatic amines is 1. The molecular weight excluding hydrogens is 452 g/mol. The smallest absolute Gasteiger partial charge is 0.373 e. The molecule has 0 amide bonds. The molecule has 0 unspecified atom stereocenters. The molecule has 0 aliphatic heterocycles. The number of aromatic nitrogens is 4. The lowest BCUT2D eigenvalue weighted by Gasteiger charge is -2.04. The van der Waals surface area contributed by atoms with E-state index in [1.807, 2.05) is 13.8 Å². The fraction of sp³-hybridized carbons (Fsp3) is 0.476. The predicted molar refractivity (Wildman–Crippen MR) is 112 cm³/mol. The Bertz CT molecular complexity index is 955. The average Bonchev–Trinajstić information content (AvgIpc) is 3.42. The van der Waals surface area contributed by atoms with E-state index >= 15 is 0 Å². The SMILES string of the molecule is CCOC(=O)c1cc(CC)[nH]n1.CCOC(=O)c1cc(CC)nn1CC(C)=O.O=C=O.O=C=O. The summed E-state index contributed by atoms with van der Waals surface area (Å²) < 4.78 is 11.1. The Hall–Kier alpha value is -4.21. The van der Waals surface area contributed by atoms with Crippen LogP contribution >= 0.6 is 0 Å². The molecule has 2 rings (SSSR count). The number of H-pyrrole nitrogens is 1. The number of esters is 2. The standard InChI is InChI=1S/C11H16N2O3.C8H12N2O2.2CO2/c1-4-9-6-10(11(15)16-5-2)13(12-9)7-8(3)14;1-3-6-5-7(10-9-6)8(11)12-4-2;2*2-1-3/h6H,4-5,7H2,1-3H3;5H,3-4H2,1-2H3,(H,9,10);;. The van der Waals surface area contributed by atoms with Crippen molar-refractivity contribution < 1.29 is 43.0 Å². The van der Waals surface area contributed by atoms with E-state index in [2.05, 4.69) is 15.3 Å². The number of nitrogens with zero attached hydrogens (tertiary/aromatic N) is 3. The molecule has 0 saturated carbocycles. The van der Waals surface area contributed by atoms with Gasteiger partial charge in [0.15, 0.2) is 11.5 Å². The van der Waals surface area contributed by atoms with Crippen LogP contribution in [0, 0.1) is 0 Å². The third kappa shape index (κ3) is 13.3. The van der Waals surface area contributed by atoms with Gasteiger partial charge in [-0.15, -0.1) is 0 Å². The molecule has 2 aromatic heterocycles. The van der Waals surface area contributed by atoms with Gasteiger partial charge in [0.05, 0.1) is 18.9 Å². The minimum atomic E-state index is -0.434. The van der Waals surface area contributed by atoms with Gasteiger partial charge in [0.25, 0.3) is 0 Å². The Labute approximate surface area is 195 Å². The van der Waals surface area contributed by atoms with Gasteiger partial charge in [-0.3, -0.25) is 14.6 Å². The first-order valence-electron chi connectivity index (χ1n) is 10.1. The Balaban J connectivity index is 0. The summed E-state index contributed by atoms with van der Waals surface area (Å²) in [4.78, 5) is 66.2. The number of aryl methyl sites for hydroxylation is 2. The van der Waals surface area contributed by atoms with Crippen molar-refractivity contribution in [1.29, 1.82) is 0 Å². The number of carbonyl (C=O) groups excluding carboxylic acids is 7. The lowest BCUT2D eigenvalue weighted by Crippen LogP contribution is -2.16. The summed E-state index contributed by atoms with van der Waals surface area (Å²) in [7, 11) is 0. The highest BCUT2D eigenvalue weighted by Crippen LogP contribution is 2.07. The number of rotatable bonds is 8. The van der Waals surface area contributed by atoms with Gasteiger partial charge in [-0.1, -0.05) is 13.8 Å². The number of nitrogens with one attached hydrogen (secondary N) is 1. The van der Waals surface area contributed by atoms with Gasteiger partial charge in [0, 0.05) is 5.69 Å². The number of ether oxygens (including phenoxy) is 2. The second-order valence-electron chi connectivity index (χ2n) is 5.97. The molecule has 0 aromatic carbocycles. The molecule has 1 N–H and O–H groups in total. The summed E-state index contributed by atoms with van der Waals surface area (Å²) in [6, 6.07) is 3.37. The zero-order valence-electron chi connectivity index (χ0n) is 19.7. The van der Waals surface area contributed by atoms with Crippen molar-refractivity contribution in [1.82, 2.24) is 20.0 Å². The van der Waals surface area contributed by atoms with Gasteiger partial charge in [-0.05, 0) is 45.7 Å². The maximum Gasteiger partial charge on any atom is 0.373 e. The van der Waals surface area contributed by atoms with Crippen molar-refractivity contribution in [2.75, 3.05) is 13.2 Å². The van der Waals surface area contributed by atoms with Gasteiger partial charge in [0.2, 0.25) is 0 Å². The van der Waals surface area contributed by atoms with Crippen LogP contribution in [0.5, 0.6) is 0 Å². The Morgan fingerprint density at radius 3 is 1.85 bits per heavy atom. The molecule has 0 atom stereocenters. The van der Waals surface area contributed by atoms with E-state index in [0.717, 1.165) is 24.2 Å². The highest BCUT2D eigenvalue weighted by Gasteiger charge is 2.16. The predicted octanol–water partition coefficient (Wildman–Crippen LogP) is 1.19. The number of carbonyl (C=O) groups is 3. The van der Waals surface area contributed by atoms with Crippen molar-refractivity contribution in [2.24, 2.45) is 0 Å². The number of ketones is 1. The number of Topliss-reactive ketones (excluding diaryl/α,β-unsaturated/α-hetero) is 1. The first kappa shape index (κ1) is 32.0. The van der Waals surface area contributed by atoms with E-state index in [0.29, 0.717) is 24.6 Å². The Morgan fingerprint density at radius 1 is 0.912 bits per heavy atom. The molecule has 0 radical (unpaired) electrons. The Morgan fingerprint density at radius 2 is 1.44 bits per heavy atom. The maximum atomic E-state index is 11.6. The van der Waals surface area contributed by atoms with Gasteiger partial charge in [0.1, 0.15) is 12.2 Å². The zero-order valence-corrected chi connectivity index (χ0v) is 19.7. The van der Waals surface area contributed by atoms with Crippen LogP contribution in [-0.2, 0) is 52.8 Å². The molecule has 13 heteroatoms. The first-order valence-corrected chi connectivity index (χ1v) is 10.1. The summed E-state index contributed by atoms with van der Waals surface area (Å²) in [6.07, 6.45) is 2.06. The normalized spacial score (nSPS) is 8.74. The third-order valence-electron chi connectivity index (χ3n) is 3.55. The minimum Gasteiger partial charge on any atom is -0.461 e. The zero-order chi connectivity index (χ0) is 26.5. The van der Waals surface area contributed by atoms with Crippen molar-refractivity contribution in [3.05, 3.63) is 34.9 Å². The summed E-state index contributed by atoms with van der Waals surface area (Å²) >= 11 is 0. The number of hydrogen-bond acceptors (Lipinski definition) is 11. The monoisotopic (exact) mass is 480 g/mol. The largest absolute Gasteiger partial charge is 0.461 e.